The van der Waals surface area contributed by atoms with Gasteiger partial charge in [-0.05, 0) is 39.4 Å². The first-order chi connectivity index (χ1) is 7.97. The van der Waals surface area contributed by atoms with Crippen LogP contribution in [0.25, 0.3) is 0 Å². The molecule has 0 radical (unpaired) electrons. The molecule has 3 nitrogen and oxygen atoms in total. The summed E-state index contributed by atoms with van der Waals surface area (Å²) in [5.41, 5.74) is 0. The van der Waals surface area contributed by atoms with Crippen molar-refractivity contribution in [1.82, 2.24) is 10.2 Å². The second-order valence-corrected chi connectivity index (χ2v) is 4.51. The summed E-state index contributed by atoms with van der Waals surface area (Å²) in [6, 6.07) is 0.480. The van der Waals surface area contributed by atoms with Crippen molar-refractivity contribution in [2.24, 2.45) is 0 Å². The molecular formula is C11H21F3N2O. The lowest BCUT2D eigenvalue weighted by Crippen LogP contribution is -2.39. The number of alkyl halides is 3. The van der Waals surface area contributed by atoms with Gasteiger partial charge in [0.1, 0.15) is 6.61 Å². The van der Waals surface area contributed by atoms with Crippen LogP contribution in [0, 0.1) is 0 Å². The SMILES string of the molecule is CC1CCN(CCOCC(F)(F)F)CCCN1. The van der Waals surface area contributed by atoms with Gasteiger partial charge >= 0.3 is 6.18 Å². The Balaban J connectivity index is 2.12. The molecule has 0 aromatic heterocycles. The third-order valence-corrected chi connectivity index (χ3v) is 2.84. The van der Waals surface area contributed by atoms with Gasteiger partial charge in [-0.1, -0.05) is 0 Å². The highest BCUT2D eigenvalue weighted by molar-refractivity contribution is 4.69. The van der Waals surface area contributed by atoms with Crippen molar-refractivity contribution in [3.05, 3.63) is 0 Å². The van der Waals surface area contributed by atoms with Crippen LogP contribution in [-0.2, 0) is 4.74 Å². The number of hydrogen-bond acceptors (Lipinski definition) is 3. The van der Waals surface area contributed by atoms with E-state index in [0.29, 0.717) is 12.6 Å². The molecular weight excluding hydrogens is 233 g/mol. The normalized spacial score (nSPS) is 24.4. The molecule has 102 valence electrons. The summed E-state index contributed by atoms with van der Waals surface area (Å²) in [6.07, 6.45) is -2.16. The number of hydrogen-bond donors (Lipinski definition) is 1. The fourth-order valence-corrected chi connectivity index (χ4v) is 1.85. The van der Waals surface area contributed by atoms with E-state index in [1.165, 1.54) is 0 Å². The Labute approximate surface area is 100 Å². The monoisotopic (exact) mass is 254 g/mol. The van der Waals surface area contributed by atoms with Crippen molar-refractivity contribution >= 4 is 0 Å². The van der Waals surface area contributed by atoms with Crippen molar-refractivity contribution in [1.29, 1.82) is 0 Å². The van der Waals surface area contributed by atoms with Crippen LogP contribution in [0.5, 0.6) is 0 Å². The van der Waals surface area contributed by atoms with E-state index in [1.54, 1.807) is 0 Å². The summed E-state index contributed by atoms with van der Waals surface area (Å²) >= 11 is 0. The molecule has 0 amide bonds. The largest absolute Gasteiger partial charge is 0.411 e. The minimum Gasteiger partial charge on any atom is -0.371 e. The van der Waals surface area contributed by atoms with Crippen molar-refractivity contribution in [2.75, 3.05) is 39.4 Å². The molecule has 0 spiro atoms. The zero-order valence-electron chi connectivity index (χ0n) is 10.2. The molecule has 1 fully saturated rings. The zero-order chi connectivity index (χ0) is 12.7. The zero-order valence-corrected chi connectivity index (χ0v) is 10.2. The van der Waals surface area contributed by atoms with Crippen LogP contribution in [0.3, 0.4) is 0 Å². The average molecular weight is 254 g/mol. The molecule has 6 heteroatoms. The summed E-state index contributed by atoms with van der Waals surface area (Å²) in [5.74, 6) is 0. The highest BCUT2D eigenvalue weighted by Gasteiger charge is 2.27. The van der Waals surface area contributed by atoms with Gasteiger partial charge in [0, 0.05) is 12.6 Å². The average Bonchev–Trinajstić information content (AvgIpc) is 2.20. The fourth-order valence-electron chi connectivity index (χ4n) is 1.85. The Kier molecular flexibility index (Phi) is 6.22. The summed E-state index contributed by atoms with van der Waals surface area (Å²) in [5, 5.41) is 3.39. The van der Waals surface area contributed by atoms with Gasteiger partial charge in [0.05, 0.1) is 6.61 Å². The molecule has 1 saturated heterocycles. The Hall–Kier alpha value is -0.330. The van der Waals surface area contributed by atoms with Gasteiger partial charge in [-0.3, -0.25) is 0 Å². The maximum Gasteiger partial charge on any atom is 0.411 e. The quantitative estimate of drug-likeness (QED) is 0.772. The molecule has 1 rings (SSSR count). The number of nitrogens with one attached hydrogen (secondary N) is 1. The minimum absolute atomic E-state index is 0.154. The Morgan fingerprint density at radius 3 is 2.82 bits per heavy atom. The van der Waals surface area contributed by atoms with Gasteiger partial charge in [-0.15, -0.1) is 0 Å². The summed E-state index contributed by atoms with van der Waals surface area (Å²) in [6.45, 7) is 4.55. The van der Waals surface area contributed by atoms with E-state index in [4.69, 9.17) is 0 Å². The standard InChI is InChI=1S/C11H21F3N2O/c1-10-3-6-16(5-2-4-15-10)7-8-17-9-11(12,13)14/h10,15H,2-9H2,1H3. The molecule has 0 saturated carbocycles. The van der Waals surface area contributed by atoms with Gasteiger partial charge in [0.15, 0.2) is 0 Å². The molecule has 1 aliphatic heterocycles. The second kappa shape index (κ2) is 7.18. The Morgan fingerprint density at radius 1 is 1.35 bits per heavy atom. The van der Waals surface area contributed by atoms with Crippen molar-refractivity contribution < 1.29 is 17.9 Å². The maximum atomic E-state index is 11.8. The van der Waals surface area contributed by atoms with Crippen LogP contribution in [-0.4, -0.2) is 56.5 Å². The van der Waals surface area contributed by atoms with E-state index in [-0.39, 0.29) is 6.61 Å². The predicted molar refractivity (Wildman–Crippen MR) is 60.0 cm³/mol. The Morgan fingerprint density at radius 2 is 2.12 bits per heavy atom. The highest BCUT2D eigenvalue weighted by Crippen LogP contribution is 2.14. The van der Waals surface area contributed by atoms with E-state index >= 15 is 0 Å². The third kappa shape index (κ3) is 7.57. The van der Waals surface area contributed by atoms with Crippen molar-refractivity contribution in [2.45, 2.75) is 32.0 Å². The van der Waals surface area contributed by atoms with Gasteiger partial charge in [0.25, 0.3) is 0 Å². The summed E-state index contributed by atoms with van der Waals surface area (Å²) < 4.78 is 40.2. The number of halogens is 3. The van der Waals surface area contributed by atoms with Crippen LogP contribution < -0.4 is 5.32 Å². The lowest BCUT2D eigenvalue weighted by atomic mass is 10.2. The molecule has 1 N–H and O–H groups in total. The summed E-state index contributed by atoms with van der Waals surface area (Å²) in [7, 11) is 0. The van der Waals surface area contributed by atoms with Gasteiger partial charge < -0.3 is 15.0 Å². The predicted octanol–water partition coefficient (Wildman–Crippen LogP) is 1.64. The first-order valence-corrected chi connectivity index (χ1v) is 6.07. The molecule has 1 aliphatic rings. The second-order valence-electron chi connectivity index (χ2n) is 4.51. The molecule has 17 heavy (non-hydrogen) atoms. The van der Waals surface area contributed by atoms with Crippen LogP contribution in [0.1, 0.15) is 19.8 Å². The first kappa shape index (κ1) is 14.7. The molecule has 0 bridgehead atoms. The van der Waals surface area contributed by atoms with Crippen molar-refractivity contribution in [3.8, 4) is 0 Å². The van der Waals surface area contributed by atoms with Crippen molar-refractivity contribution in [3.63, 3.8) is 0 Å². The number of nitrogens with zero attached hydrogens (tertiary/aromatic N) is 1. The van der Waals surface area contributed by atoms with Crippen LogP contribution >= 0.6 is 0 Å². The number of rotatable bonds is 4. The van der Waals surface area contributed by atoms with E-state index in [1.807, 2.05) is 0 Å². The number of ether oxygens (including phenoxy) is 1. The highest BCUT2D eigenvalue weighted by atomic mass is 19.4. The fraction of sp³-hybridized carbons (Fsp3) is 1.00. The van der Waals surface area contributed by atoms with Crippen LogP contribution in [0.15, 0.2) is 0 Å². The van der Waals surface area contributed by atoms with Crippen LogP contribution in [0.2, 0.25) is 0 Å². The molecule has 1 atom stereocenters. The molecule has 0 aliphatic carbocycles. The topological polar surface area (TPSA) is 24.5 Å². The van der Waals surface area contributed by atoms with Gasteiger partial charge in [-0.25, -0.2) is 0 Å². The van der Waals surface area contributed by atoms with Gasteiger partial charge in [0.2, 0.25) is 0 Å². The lowest BCUT2D eigenvalue weighted by molar-refractivity contribution is -0.174. The Bertz CT molecular complexity index is 211. The molecule has 1 unspecified atom stereocenters. The third-order valence-electron chi connectivity index (χ3n) is 2.84. The smallest absolute Gasteiger partial charge is 0.371 e. The first-order valence-electron chi connectivity index (χ1n) is 6.07. The molecule has 0 aromatic rings. The van der Waals surface area contributed by atoms with E-state index in [2.05, 4.69) is 21.9 Å². The van der Waals surface area contributed by atoms with Crippen LogP contribution in [0.4, 0.5) is 13.2 Å². The van der Waals surface area contributed by atoms with E-state index < -0.39 is 12.8 Å². The maximum absolute atomic E-state index is 11.8. The van der Waals surface area contributed by atoms with E-state index in [9.17, 15) is 13.2 Å². The molecule has 1 heterocycles. The van der Waals surface area contributed by atoms with E-state index in [0.717, 1.165) is 32.5 Å². The molecule has 0 aromatic carbocycles. The lowest BCUT2D eigenvalue weighted by Gasteiger charge is -2.27. The minimum atomic E-state index is -4.21. The van der Waals surface area contributed by atoms with Gasteiger partial charge in [-0.2, -0.15) is 13.2 Å². The summed E-state index contributed by atoms with van der Waals surface area (Å²) in [4.78, 5) is 2.17.